The maximum atomic E-state index is 11.9. The highest BCUT2D eigenvalue weighted by atomic mass is 35.5. The van der Waals surface area contributed by atoms with Gasteiger partial charge < -0.3 is 9.67 Å². The molecule has 21 heavy (non-hydrogen) atoms. The second kappa shape index (κ2) is 4.72. The highest BCUT2D eigenvalue weighted by molar-refractivity contribution is 7.91. The van der Waals surface area contributed by atoms with Gasteiger partial charge in [-0.15, -0.1) is 0 Å². The molecule has 1 aliphatic rings. The van der Waals surface area contributed by atoms with Crippen molar-refractivity contribution in [3.05, 3.63) is 33.9 Å². The van der Waals surface area contributed by atoms with Crippen LogP contribution in [-0.4, -0.2) is 34.8 Å². The fourth-order valence-electron chi connectivity index (χ4n) is 2.27. The van der Waals surface area contributed by atoms with Crippen LogP contribution in [0.25, 0.3) is 11.3 Å². The van der Waals surface area contributed by atoms with Crippen molar-refractivity contribution in [2.45, 2.75) is 11.7 Å². The van der Waals surface area contributed by atoms with Gasteiger partial charge in [0.15, 0.2) is 5.69 Å². The van der Waals surface area contributed by atoms with Crippen LogP contribution >= 0.6 is 23.2 Å². The molecule has 0 unspecified atom stereocenters. The van der Waals surface area contributed by atoms with E-state index >= 15 is 0 Å². The van der Waals surface area contributed by atoms with Crippen molar-refractivity contribution >= 4 is 39.0 Å². The van der Waals surface area contributed by atoms with Crippen LogP contribution in [-0.2, 0) is 16.4 Å². The van der Waals surface area contributed by atoms with Crippen LogP contribution in [0.5, 0.6) is 0 Å². The molecule has 1 aliphatic heterocycles. The molecule has 3 rings (SSSR count). The molecule has 0 saturated heterocycles. The molecule has 1 aromatic carbocycles. The first kappa shape index (κ1) is 14.4. The fraction of sp³-hybridized carbons (Fsp3) is 0.167. The normalized spacial score (nSPS) is 15.9. The maximum absolute atomic E-state index is 11.9. The van der Waals surface area contributed by atoms with Crippen molar-refractivity contribution in [2.75, 3.05) is 5.75 Å². The summed E-state index contributed by atoms with van der Waals surface area (Å²) >= 11 is 11.9. The largest absolute Gasteiger partial charge is 0.477 e. The Hall–Kier alpha value is -1.57. The molecular formula is C12H8Cl2N2O4S. The van der Waals surface area contributed by atoms with E-state index in [-0.39, 0.29) is 33.9 Å². The Morgan fingerprint density at radius 3 is 2.67 bits per heavy atom. The minimum Gasteiger partial charge on any atom is -0.477 e. The molecular weight excluding hydrogens is 339 g/mol. The van der Waals surface area contributed by atoms with E-state index < -0.39 is 15.8 Å². The lowest BCUT2D eigenvalue weighted by Gasteiger charge is -2.05. The minimum atomic E-state index is -3.55. The van der Waals surface area contributed by atoms with Gasteiger partial charge in [-0.25, -0.2) is 18.2 Å². The van der Waals surface area contributed by atoms with E-state index in [9.17, 15) is 18.3 Å². The van der Waals surface area contributed by atoms with Gasteiger partial charge in [-0.05, 0) is 18.2 Å². The standard InChI is InChI=1S/C12H8Cl2N2O4S/c13-6-1-2-7(8(14)5-6)9-10(11(17)18)16-3-4-21(19,20)12(16)15-9/h1-2,5H,3-4H2,(H,17,18). The summed E-state index contributed by atoms with van der Waals surface area (Å²) in [6.07, 6.45) is 0. The van der Waals surface area contributed by atoms with Gasteiger partial charge >= 0.3 is 5.97 Å². The van der Waals surface area contributed by atoms with E-state index in [2.05, 4.69) is 4.98 Å². The Kier molecular flexibility index (Phi) is 3.23. The third-order valence-electron chi connectivity index (χ3n) is 3.18. The summed E-state index contributed by atoms with van der Waals surface area (Å²) in [5.41, 5.74) is 0.174. The van der Waals surface area contributed by atoms with Crippen LogP contribution in [0.4, 0.5) is 0 Å². The lowest BCUT2D eigenvalue weighted by Crippen LogP contribution is -2.08. The van der Waals surface area contributed by atoms with Crippen molar-refractivity contribution in [3.8, 4) is 11.3 Å². The number of carbonyl (C=O) groups is 1. The third-order valence-corrected chi connectivity index (χ3v) is 5.32. The summed E-state index contributed by atoms with van der Waals surface area (Å²) in [6, 6.07) is 4.50. The molecule has 0 spiro atoms. The monoisotopic (exact) mass is 346 g/mol. The lowest BCUT2D eigenvalue weighted by molar-refractivity contribution is 0.0685. The zero-order valence-electron chi connectivity index (χ0n) is 10.4. The van der Waals surface area contributed by atoms with E-state index in [1.54, 1.807) is 0 Å². The van der Waals surface area contributed by atoms with Crippen molar-refractivity contribution in [2.24, 2.45) is 0 Å². The molecule has 0 aliphatic carbocycles. The van der Waals surface area contributed by atoms with Gasteiger partial charge in [0.05, 0.1) is 10.8 Å². The number of nitrogens with zero attached hydrogens (tertiary/aromatic N) is 2. The molecule has 0 bridgehead atoms. The van der Waals surface area contributed by atoms with Crippen molar-refractivity contribution < 1.29 is 18.3 Å². The fourth-order valence-corrected chi connectivity index (χ4v) is 4.12. The molecule has 0 atom stereocenters. The Labute approximate surface area is 129 Å². The van der Waals surface area contributed by atoms with Crippen LogP contribution in [0, 0.1) is 0 Å². The number of aromatic nitrogens is 2. The smallest absolute Gasteiger partial charge is 0.354 e. The third kappa shape index (κ3) is 2.21. The number of fused-ring (bicyclic) bond motifs is 1. The summed E-state index contributed by atoms with van der Waals surface area (Å²) in [5.74, 6) is -1.41. The number of sulfone groups is 1. The lowest BCUT2D eigenvalue weighted by atomic mass is 10.1. The maximum Gasteiger partial charge on any atom is 0.354 e. The average molecular weight is 347 g/mol. The van der Waals surface area contributed by atoms with Gasteiger partial charge in [0.1, 0.15) is 5.69 Å². The molecule has 0 radical (unpaired) electrons. The summed E-state index contributed by atoms with van der Waals surface area (Å²) in [5, 5.41) is 9.73. The van der Waals surface area contributed by atoms with Crippen molar-refractivity contribution in [1.29, 1.82) is 0 Å². The van der Waals surface area contributed by atoms with Crippen LogP contribution in [0.1, 0.15) is 10.5 Å². The van der Waals surface area contributed by atoms with Gasteiger partial charge in [-0.3, -0.25) is 0 Å². The number of halogens is 2. The highest BCUT2D eigenvalue weighted by Gasteiger charge is 2.35. The van der Waals surface area contributed by atoms with Crippen LogP contribution in [0.3, 0.4) is 0 Å². The molecule has 2 heterocycles. The molecule has 1 N–H and O–H groups in total. The second-order valence-corrected chi connectivity index (χ2v) is 7.34. The molecule has 1 aromatic heterocycles. The van der Waals surface area contributed by atoms with E-state index in [1.807, 2.05) is 0 Å². The van der Waals surface area contributed by atoms with E-state index in [4.69, 9.17) is 23.2 Å². The number of benzene rings is 1. The topological polar surface area (TPSA) is 89.3 Å². The number of carboxylic acid groups (broad SMARTS) is 1. The summed E-state index contributed by atoms with van der Waals surface area (Å²) in [7, 11) is -3.55. The predicted molar refractivity (Wildman–Crippen MR) is 76.7 cm³/mol. The Bertz CT molecular complexity index is 874. The number of hydrogen-bond donors (Lipinski definition) is 1. The summed E-state index contributed by atoms with van der Waals surface area (Å²) < 4.78 is 25.0. The molecule has 9 heteroatoms. The van der Waals surface area contributed by atoms with Gasteiger partial charge in [-0.2, -0.15) is 0 Å². The van der Waals surface area contributed by atoms with Crippen LogP contribution < -0.4 is 0 Å². The van der Waals surface area contributed by atoms with Crippen LogP contribution in [0.2, 0.25) is 10.0 Å². The zero-order valence-corrected chi connectivity index (χ0v) is 12.7. The van der Waals surface area contributed by atoms with Crippen LogP contribution in [0.15, 0.2) is 23.4 Å². The number of aromatic carboxylic acids is 1. The van der Waals surface area contributed by atoms with E-state index in [0.29, 0.717) is 10.6 Å². The summed E-state index contributed by atoms with van der Waals surface area (Å²) in [4.78, 5) is 15.5. The highest BCUT2D eigenvalue weighted by Crippen LogP contribution is 2.35. The SMILES string of the molecule is O=C(O)c1c(-c2ccc(Cl)cc2Cl)nc2n1CCS2(=O)=O. The number of carboxylic acids is 1. The second-order valence-electron chi connectivity index (χ2n) is 4.49. The molecule has 0 amide bonds. The number of rotatable bonds is 2. The van der Waals surface area contributed by atoms with E-state index in [1.165, 1.54) is 22.8 Å². The van der Waals surface area contributed by atoms with Crippen molar-refractivity contribution in [3.63, 3.8) is 0 Å². The first-order valence-electron chi connectivity index (χ1n) is 5.83. The molecule has 0 saturated carbocycles. The molecule has 2 aromatic rings. The van der Waals surface area contributed by atoms with Gasteiger partial charge in [0.25, 0.3) is 0 Å². The van der Waals surface area contributed by atoms with Gasteiger partial charge in [0, 0.05) is 17.1 Å². The van der Waals surface area contributed by atoms with Gasteiger partial charge in [0.2, 0.25) is 15.0 Å². The molecule has 6 nitrogen and oxygen atoms in total. The van der Waals surface area contributed by atoms with E-state index in [0.717, 1.165) is 0 Å². The quantitative estimate of drug-likeness (QED) is 0.901. The zero-order chi connectivity index (χ0) is 15.4. The Morgan fingerprint density at radius 2 is 2.05 bits per heavy atom. The molecule has 0 fully saturated rings. The number of hydrogen-bond acceptors (Lipinski definition) is 4. The first-order chi connectivity index (χ1) is 9.81. The number of imidazole rings is 1. The Morgan fingerprint density at radius 1 is 1.33 bits per heavy atom. The summed E-state index contributed by atoms with van der Waals surface area (Å²) in [6.45, 7) is 0.0670. The molecule has 110 valence electrons. The van der Waals surface area contributed by atoms with Gasteiger partial charge in [-0.1, -0.05) is 23.2 Å². The van der Waals surface area contributed by atoms with Crippen molar-refractivity contribution in [1.82, 2.24) is 9.55 Å². The predicted octanol–water partition coefficient (Wildman–Crippen LogP) is 2.34. The minimum absolute atomic E-state index is 0.0300. The Balaban J connectivity index is 2.32. The first-order valence-corrected chi connectivity index (χ1v) is 8.24. The average Bonchev–Trinajstić information content (AvgIpc) is 2.88.